The largest absolute Gasteiger partial charge is 0.377 e. The van der Waals surface area contributed by atoms with E-state index < -0.39 is 0 Å². The molecule has 5 rings (SSSR count). The number of ether oxygens (including phenoxy) is 1. The normalized spacial score (nSPS) is 24.0. The fourth-order valence-corrected chi connectivity index (χ4v) is 3.71. The molecule has 5 nitrogen and oxygen atoms in total. The highest BCUT2D eigenvalue weighted by Gasteiger charge is 2.43. The van der Waals surface area contributed by atoms with Crippen molar-refractivity contribution in [3.63, 3.8) is 0 Å². The van der Waals surface area contributed by atoms with Gasteiger partial charge in [-0.05, 0) is 12.1 Å². The van der Waals surface area contributed by atoms with E-state index in [0.29, 0.717) is 35.5 Å². The van der Waals surface area contributed by atoms with Crippen LogP contribution >= 0.6 is 0 Å². The number of rotatable bonds is 0. The summed E-state index contributed by atoms with van der Waals surface area (Å²) in [4.78, 5) is 25.7. The molecule has 1 unspecified atom stereocenters. The maximum atomic E-state index is 13.0. The molecule has 1 fully saturated rings. The molecule has 0 aromatic heterocycles. The number of fused-ring (bicyclic) bond motifs is 4. The first-order valence-corrected chi connectivity index (χ1v) is 7.68. The lowest BCUT2D eigenvalue weighted by Gasteiger charge is -2.23. The number of anilines is 2. The summed E-state index contributed by atoms with van der Waals surface area (Å²) in [6.07, 6.45) is 0.815. The van der Waals surface area contributed by atoms with Gasteiger partial charge >= 0.3 is 0 Å². The predicted molar refractivity (Wildman–Crippen MR) is 85.2 cm³/mol. The Morgan fingerprint density at radius 1 is 0.913 bits per heavy atom. The lowest BCUT2D eigenvalue weighted by Crippen LogP contribution is -2.42. The summed E-state index contributed by atoms with van der Waals surface area (Å²) >= 11 is 0. The van der Waals surface area contributed by atoms with Crippen LogP contribution in [0.4, 0.5) is 11.4 Å². The average molecular weight is 306 g/mol. The van der Waals surface area contributed by atoms with Crippen LogP contribution in [0.25, 0.3) is 0 Å². The van der Waals surface area contributed by atoms with Gasteiger partial charge in [0.25, 0.3) is 0 Å². The van der Waals surface area contributed by atoms with Gasteiger partial charge in [0, 0.05) is 23.1 Å². The molecular weight excluding hydrogens is 292 g/mol. The van der Waals surface area contributed by atoms with Crippen LogP contribution in [0.15, 0.2) is 36.4 Å². The van der Waals surface area contributed by atoms with Gasteiger partial charge in [0.05, 0.1) is 30.2 Å². The highest BCUT2D eigenvalue weighted by Crippen LogP contribution is 2.44. The van der Waals surface area contributed by atoms with Gasteiger partial charge in [-0.25, -0.2) is 0 Å². The van der Waals surface area contributed by atoms with Crippen LogP contribution in [-0.2, 0) is 4.74 Å². The van der Waals surface area contributed by atoms with Gasteiger partial charge in [-0.2, -0.15) is 0 Å². The van der Waals surface area contributed by atoms with Gasteiger partial charge in [0.2, 0.25) is 0 Å². The lowest BCUT2D eigenvalue weighted by molar-refractivity contribution is 0.0979. The molecule has 23 heavy (non-hydrogen) atoms. The molecule has 0 saturated carbocycles. The zero-order valence-electron chi connectivity index (χ0n) is 12.3. The molecule has 1 aliphatic carbocycles. The average Bonchev–Trinajstić information content (AvgIpc) is 3.18. The van der Waals surface area contributed by atoms with Gasteiger partial charge in [-0.1, -0.05) is 24.3 Å². The quantitative estimate of drug-likeness (QED) is 0.667. The Bertz CT molecular complexity index is 882. The van der Waals surface area contributed by atoms with Crippen LogP contribution in [-0.4, -0.2) is 30.4 Å². The van der Waals surface area contributed by atoms with E-state index in [4.69, 9.17) is 4.74 Å². The number of hydrogen-bond acceptors (Lipinski definition) is 5. The molecular formula is C18H14N2O3. The molecule has 2 heterocycles. The van der Waals surface area contributed by atoms with Gasteiger partial charge in [-0.3, -0.25) is 9.59 Å². The highest BCUT2D eigenvalue weighted by atomic mass is 16.5. The lowest BCUT2D eigenvalue weighted by atomic mass is 9.83. The molecule has 2 aliphatic heterocycles. The summed E-state index contributed by atoms with van der Waals surface area (Å²) in [5, 5.41) is 6.83. The van der Waals surface area contributed by atoms with Gasteiger partial charge in [0.1, 0.15) is 5.66 Å². The SMILES string of the molecule is O=C1c2ccccc2C(=O)c2c1ccc1c2NC2(CCOC2)N1. The Labute approximate surface area is 132 Å². The highest BCUT2D eigenvalue weighted by molar-refractivity contribution is 6.31. The van der Waals surface area contributed by atoms with Crippen molar-refractivity contribution in [3.8, 4) is 0 Å². The predicted octanol–water partition coefficient (Wildman–Crippen LogP) is 2.42. The molecule has 5 heteroatoms. The molecule has 2 aromatic carbocycles. The molecule has 0 radical (unpaired) electrons. The third kappa shape index (κ3) is 1.60. The Hall–Kier alpha value is -2.66. The minimum Gasteiger partial charge on any atom is -0.377 e. The number of hydrogen-bond donors (Lipinski definition) is 2. The van der Waals surface area contributed by atoms with Crippen LogP contribution in [0.2, 0.25) is 0 Å². The Balaban J connectivity index is 1.71. The molecule has 3 aliphatic rings. The topological polar surface area (TPSA) is 67.4 Å². The van der Waals surface area contributed by atoms with Crippen molar-refractivity contribution in [2.45, 2.75) is 12.1 Å². The molecule has 1 atom stereocenters. The maximum Gasteiger partial charge on any atom is 0.196 e. The van der Waals surface area contributed by atoms with Crippen molar-refractivity contribution >= 4 is 22.9 Å². The van der Waals surface area contributed by atoms with Crippen molar-refractivity contribution in [1.29, 1.82) is 0 Å². The molecule has 2 aromatic rings. The van der Waals surface area contributed by atoms with Crippen LogP contribution in [0, 0.1) is 0 Å². The Kier molecular flexibility index (Phi) is 2.35. The first-order chi connectivity index (χ1) is 11.2. The molecule has 114 valence electrons. The first kappa shape index (κ1) is 12.8. The maximum absolute atomic E-state index is 13.0. The van der Waals surface area contributed by atoms with E-state index in [0.717, 1.165) is 17.8 Å². The summed E-state index contributed by atoms with van der Waals surface area (Å²) in [5.74, 6) is -0.194. The number of nitrogens with one attached hydrogen (secondary N) is 2. The van der Waals surface area contributed by atoms with Crippen molar-refractivity contribution in [1.82, 2.24) is 0 Å². The third-order valence-corrected chi connectivity index (χ3v) is 4.85. The van der Waals surface area contributed by atoms with Crippen molar-refractivity contribution < 1.29 is 14.3 Å². The standard InChI is InChI=1S/C18H14N2O3/c21-16-10-3-1-2-4-11(10)17(22)14-12(16)5-6-13-15(14)20-18(19-13)7-8-23-9-18/h1-6,19-20H,7-9H2. The number of benzene rings is 2. The zero-order valence-corrected chi connectivity index (χ0v) is 12.3. The van der Waals surface area contributed by atoms with Crippen molar-refractivity contribution in [3.05, 3.63) is 58.7 Å². The van der Waals surface area contributed by atoms with Gasteiger partial charge < -0.3 is 15.4 Å². The van der Waals surface area contributed by atoms with Gasteiger partial charge in [-0.15, -0.1) is 0 Å². The van der Waals surface area contributed by atoms with E-state index in [1.54, 1.807) is 30.3 Å². The van der Waals surface area contributed by atoms with Crippen LogP contribution in [0.3, 0.4) is 0 Å². The van der Waals surface area contributed by atoms with Crippen molar-refractivity contribution in [2.24, 2.45) is 0 Å². The monoisotopic (exact) mass is 306 g/mol. The zero-order chi connectivity index (χ0) is 15.6. The molecule has 1 saturated heterocycles. The van der Waals surface area contributed by atoms with E-state index in [9.17, 15) is 9.59 Å². The van der Waals surface area contributed by atoms with Crippen LogP contribution in [0.5, 0.6) is 0 Å². The summed E-state index contributed by atoms with van der Waals surface area (Å²) in [6.45, 7) is 1.21. The minimum atomic E-state index is -0.363. The van der Waals surface area contributed by atoms with E-state index in [1.165, 1.54) is 0 Å². The number of carbonyl (C=O) groups excluding carboxylic acids is 2. The second-order valence-corrected chi connectivity index (χ2v) is 6.25. The first-order valence-electron chi connectivity index (χ1n) is 7.68. The molecule has 0 amide bonds. The van der Waals surface area contributed by atoms with Crippen molar-refractivity contribution in [2.75, 3.05) is 23.8 Å². The Morgan fingerprint density at radius 2 is 1.70 bits per heavy atom. The Morgan fingerprint density at radius 3 is 2.43 bits per heavy atom. The fourth-order valence-electron chi connectivity index (χ4n) is 3.71. The minimum absolute atomic E-state index is 0.0941. The second-order valence-electron chi connectivity index (χ2n) is 6.25. The second kappa shape index (κ2) is 4.20. The van der Waals surface area contributed by atoms with E-state index in [2.05, 4.69) is 10.6 Å². The molecule has 2 N–H and O–H groups in total. The summed E-state index contributed by atoms with van der Waals surface area (Å²) < 4.78 is 5.48. The number of carbonyl (C=O) groups is 2. The third-order valence-electron chi connectivity index (χ3n) is 4.85. The molecule has 0 bridgehead atoms. The molecule has 1 spiro atoms. The van der Waals surface area contributed by atoms with E-state index in [1.807, 2.05) is 6.07 Å². The summed E-state index contributed by atoms with van der Waals surface area (Å²) in [5.41, 5.74) is 3.12. The summed E-state index contributed by atoms with van der Waals surface area (Å²) in [6, 6.07) is 10.6. The van der Waals surface area contributed by atoms with Gasteiger partial charge in [0.15, 0.2) is 11.6 Å². The van der Waals surface area contributed by atoms with E-state index >= 15 is 0 Å². The van der Waals surface area contributed by atoms with Crippen LogP contribution < -0.4 is 10.6 Å². The fraction of sp³-hybridized carbons (Fsp3) is 0.222. The van der Waals surface area contributed by atoms with Crippen LogP contribution in [0.1, 0.15) is 38.3 Å². The smallest absolute Gasteiger partial charge is 0.196 e. The van der Waals surface area contributed by atoms with E-state index in [-0.39, 0.29) is 17.2 Å². The number of ketones is 2. The summed E-state index contributed by atoms with van der Waals surface area (Å²) in [7, 11) is 0.